The van der Waals surface area contributed by atoms with Crippen molar-refractivity contribution < 1.29 is 4.79 Å². The van der Waals surface area contributed by atoms with E-state index < -0.39 is 0 Å². The van der Waals surface area contributed by atoms with Crippen LogP contribution in [-0.4, -0.2) is 5.91 Å². The molecular formula is C16H12BrNO. The van der Waals surface area contributed by atoms with Crippen molar-refractivity contribution in [3.63, 3.8) is 0 Å². The summed E-state index contributed by atoms with van der Waals surface area (Å²) in [5, 5.41) is 0. The molecular weight excluding hydrogens is 302 g/mol. The molecule has 0 radical (unpaired) electrons. The van der Waals surface area contributed by atoms with Gasteiger partial charge < -0.3 is 0 Å². The first kappa shape index (κ1) is 12.2. The normalized spacial score (nSPS) is 13.9. The van der Waals surface area contributed by atoms with Crippen LogP contribution in [0.2, 0.25) is 0 Å². The van der Waals surface area contributed by atoms with Crippen LogP contribution in [0.15, 0.2) is 53.5 Å². The third-order valence-electron chi connectivity index (χ3n) is 3.28. The monoisotopic (exact) mass is 313 g/mol. The van der Waals surface area contributed by atoms with E-state index in [1.807, 2.05) is 49.4 Å². The second-order valence-corrected chi connectivity index (χ2v) is 5.44. The Bertz CT molecular complexity index is 671. The summed E-state index contributed by atoms with van der Waals surface area (Å²) in [5.41, 5.74) is 4.29. The molecule has 0 spiro atoms. The number of benzene rings is 2. The Kier molecular flexibility index (Phi) is 2.79. The van der Waals surface area contributed by atoms with Gasteiger partial charge in [0, 0.05) is 15.6 Å². The smallest absolute Gasteiger partial charge is 0.263 e. The topological polar surface area (TPSA) is 20.3 Å². The molecule has 0 saturated carbocycles. The average Bonchev–Trinajstić information content (AvgIpc) is 2.66. The molecule has 0 atom stereocenters. The molecule has 19 heavy (non-hydrogen) atoms. The summed E-state index contributed by atoms with van der Waals surface area (Å²) < 4.78 is 0.889. The molecule has 3 heteroatoms. The van der Waals surface area contributed by atoms with E-state index in [4.69, 9.17) is 0 Å². The van der Waals surface area contributed by atoms with Gasteiger partial charge in [0.05, 0.1) is 11.4 Å². The second-order valence-electron chi connectivity index (χ2n) is 4.59. The lowest BCUT2D eigenvalue weighted by Crippen LogP contribution is -2.22. The van der Waals surface area contributed by atoms with E-state index in [0.717, 1.165) is 27.0 Å². The van der Waals surface area contributed by atoms with Gasteiger partial charge in [0.2, 0.25) is 0 Å². The minimum Gasteiger partial charge on any atom is -0.276 e. The lowest BCUT2D eigenvalue weighted by atomic mass is 10.1. The van der Waals surface area contributed by atoms with Crippen LogP contribution in [0.4, 0.5) is 5.69 Å². The highest BCUT2D eigenvalue weighted by atomic mass is 79.9. The maximum atomic E-state index is 12.5. The molecule has 0 aliphatic carbocycles. The summed E-state index contributed by atoms with van der Waals surface area (Å²) in [7, 11) is 0. The van der Waals surface area contributed by atoms with Crippen LogP contribution in [0.3, 0.4) is 0 Å². The van der Waals surface area contributed by atoms with Crippen molar-refractivity contribution in [2.24, 2.45) is 0 Å². The van der Waals surface area contributed by atoms with Crippen molar-refractivity contribution in [2.75, 3.05) is 4.90 Å². The lowest BCUT2D eigenvalue weighted by molar-refractivity contribution is 0.101. The number of aryl methyl sites for hydroxylation is 1. The summed E-state index contributed by atoms with van der Waals surface area (Å²) in [6.07, 6.45) is 0. The fourth-order valence-electron chi connectivity index (χ4n) is 2.33. The molecule has 0 bridgehead atoms. The number of anilines is 1. The Morgan fingerprint density at radius 1 is 1.11 bits per heavy atom. The van der Waals surface area contributed by atoms with E-state index in [1.54, 1.807) is 4.90 Å². The maximum Gasteiger partial charge on any atom is 0.263 e. The molecule has 1 heterocycles. The van der Waals surface area contributed by atoms with Gasteiger partial charge in [-0.25, -0.2) is 0 Å². The minimum atomic E-state index is -0.0214. The summed E-state index contributed by atoms with van der Waals surface area (Å²) in [6.45, 7) is 6.07. The second kappa shape index (κ2) is 4.35. The first-order valence-corrected chi connectivity index (χ1v) is 6.78. The lowest BCUT2D eigenvalue weighted by Gasteiger charge is -2.19. The number of halogens is 1. The van der Waals surface area contributed by atoms with Crippen LogP contribution >= 0.6 is 15.9 Å². The quantitative estimate of drug-likeness (QED) is 0.764. The number of hydrogen-bond acceptors (Lipinski definition) is 1. The predicted molar refractivity (Wildman–Crippen MR) is 81.2 cm³/mol. The van der Waals surface area contributed by atoms with Gasteiger partial charge in [-0.15, -0.1) is 0 Å². The largest absolute Gasteiger partial charge is 0.276 e. The molecule has 2 aromatic carbocycles. The highest BCUT2D eigenvalue weighted by Gasteiger charge is 2.32. The van der Waals surface area contributed by atoms with Gasteiger partial charge in [0.15, 0.2) is 0 Å². The number of nitrogens with zero attached hydrogens (tertiary/aromatic N) is 1. The van der Waals surface area contributed by atoms with Crippen molar-refractivity contribution in [3.05, 3.63) is 70.2 Å². The number of carbonyl (C=O) groups excluding carboxylic acids is 1. The molecule has 0 saturated heterocycles. The van der Waals surface area contributed by atoms with Crippen molar-refractivity contribution >= 4 is 33.2 Å². The average molecular weight is 314 g/mol. The van der Waals surface area contributed by atoms with Crippen molar-refractivity contribution in [1.29, 1.82) is 0 Å². The van der Waals surface area contributed by atoms with Crippen LogP contribution in [0.25, 0.3) is 5.70 Å². The molecule has 94 valence electrons. The molecule has 2 aromatic rings. The van der Waals surface area contributed by atoms with E-state index in [2.05, 4.69) is 22.5 Å². The van der Waals surface area contributed by atoms with Crippen LogP contribution < -0.4 is 4.90 Å². The number of fused-ring (bicyclic) bond motifs is 1. The van der Waals surface area contributed by atoms with E-state index in [-0.39, 0.29) is 5.91 Å². The van der Waals surface area contributed by atoms with Gasteiger partial charge in [-0.3, -0.25) is 9.69 Å². The van der Waals surface area contributed by atoms with Gasteiger partial charge in [0.25, 0.3) is 5.91 Å². The zero-order valence-corrected chi connectivity index (χ0v) is 12.1. The zero-order chi connectivity index (χ0) is 13.6. The summed E-state index contributed by atoms with van der Waals surface area (Å²) in [4.78, 5) is 14.2. The Balaban J connectivity index is 2.17. The Hall–Kier alpha value is -1.87. The van der Waals surface area contributed by atoms with E-state index in [0.29, 0.717) is 5.56 Å². The van der Waals surface area contributed by atoms with Crippen molar-refractivity contribution in [2.45, 2.75) is 6.92 Å². The Morgan fingerprint density at radius 2 is 1.79 bits per heavy atom. The van der Waals surface area contributed by atoms with Crippen LogP contribution in [-0.2, 0) is 0 Å². The van der Waals surface area contributed by atoms with E-state index >= 15 is 0 Å². The van der Waals surface area contributed by atoms with E-state index in [1.165, 1.54) is 0 Å². The molecule has 1 aliphatic heterocycles. The number of carbonyl (C=O) groups is 1. The van der Waals surface area contributed by atoms with Gasteiger partial charge in [-0.05, 0) is 46.6 Å². The van der Waals surface area contributed by atoms with Gasteiger partial charge in [-0.2, -0.15) is 0 Å². The van der Waals surface area contributed by atoms with E-state index in [9.17, 15) is 4.79 Å². The first-order valence-electron chi connectivity index (χ1n) is 5.98. The zero-order valence-electron chi connectivity index (χ0n) is 10.5. The Morgan fingerprint density at radius 3 is 2.47 bits per heavy atom. The molecule has 0 N–H and O–H groups in total. The highest BCUT2D eigenvalue weighted by molar-refractivity contribution is 9.10. The van der Waals surface area contributed by atoms with Gasteiger partial charge in [-0.1, -0.05) is 30.8 Å². The number of rotatable bonds is 1. The molecule has 2 nitrogen and oxygen atoms in total. The van der Waals surface area contributed by atoms with Gasteiger partial charge in [0.1, 0.15) is 0 Å². The fourth-order valence-corrected chi connectivity index (χ4v) is 2.76. The van der Waals surface area contributed by atoms with Crippen molar-refractivity contribution in [1.82, 2.24) is 0 Å². The summed E-state index contributed by atoms with van der Waals surface area (Å²) in [6, 6.07) is 13.5. The molecule has 0 unspecified atom stereocenters. The predicted octanol–water partition coefficient (Wildman–Crippen LogP) is 4.39. The third kappa shape index (κ3) is 1.81. The Labute approximate surface area is 120 Å². The third-order valence-corrected chi connectivity index (χ3v) is 3.95. The van der Waals surface area contributed by atoms with Crippen LogP contribution in [0.1, 0.15) is 21.5 Å². The highest BCUT2D eigenvalue weighted by Crippen LogP contribution is 2.39. The van der Waals surface area contributed by atoms with Gasteiger partial charge >= 0.3 is 0 Å². The first-order chi connectivity index (χ1) is 9.09. The molecule has 0 fully saturated rings. The minimum absolute atomic E-state index is 0.0214. The molecule has 0 aromatic heterocycles. The fraction of sp³-hybridized carbons (Fsp3) is 0.0625. The standard InChI is InChI=1S/C16H12BrNO/c1-10-7-8-14(17)15(9-10)18-11(2)12-5-3-4-6-13(12)16(18)19/h3-9H,2H2,1H3. The summed E-state index contributed by atoms with van der Waals surface area (Å²) >= 11 is 3.51. The summed E-state index contributed by atoms with van der Waals surface area (Å²) in [5.74, 6) is -0.0214. The van der Waals surface area contributed by atoms with Crippen LogP contribution in [0.5, 0.6) is 0 Å². The molecule has 3 rings (SSSR count). The number of hydrogen-bond donors (Lipinski definition) is 0. The molecule has 1 amide bonds. The van der Waals surface area contributed by atoms with Crippen LogP contribution in [0, 0.1) is 6.92 Å². The number of amides is 1. The maximum absolute atomic E-state index is 12.5. The SMILES string of the molecule is C=C1c2ccccc2C(=O)N1c1cc(C)ccc1Br. The van der Waals surface area contributed by atoms with Crippen molar-refractivity contribution in [3.8, 4) is 0 Å². The molecule has 1 aliphatic rings.